The van der Waals surface area contributed by atoms with Crippen LogP contribution in [0, 0.1) is 0 Å². The normalized spacial score (nSPS) is 11.8. The summed E-state index contributed by atoms with van der Waals surface area (Å²) < 4.78 is 4.60. The highest BCUT2D eigenvalue weighted by atomic mass is 15.2. The van der Waals surface area contributed by atoms with Gasteiger partial charge in [0.1, 0.15) is 0 Å². The van der Waals surface area contributed by atoms with Crippen molar-refractivity contribution in [3.63, 3.8) is 0 Å². The van der Waals surface area contributed by atoms with Crippen LogP contribution in [0.5, 0.6) is 0 Å². The first kappa shape index (κ1) is 26.7. The van der Waals surface area contributed by atoms with E-state index in [0.717, 1.165) is 44.7 Å². The second kappa shape index (κ2) is 10.5. The van der Waals surface area contributed by atoms with E-state index in [1.54, 1.807) is 0 Å². The molecule has 48 heavy (non-hydrogen) atoms. The van der Waals surface area contributed by atoms with Crippen LogP contribution in [0.4, 0.5) is 0 Å². The van der Waals surface area contributed by atoms with Crippen molar-refractivity contribution in [2.24, 2.45) is 0 Å². The van der Waals surface area contributed by atoms with Gasteiger partial charge in [-0.2, -0.15) is 0 Å². The Kier molecular flexibility index (Phi) is 5.84. The van der Waals surface area contributed by atoms with Crippen LogP contribution in [0.15, 0.2) is 170 Å². The van der Waals surface area contributed by atoms with Crippen molar-refractivity contribution in [3.05, 3.63) is 170 Å². The van der Waals surface area contributed by atoms with E-state index < -0.39 is 0 Å². The Hall–Kier alpha value is -6.52. The molecule has 224 valence electrons. The van der Waals surface area contributed by atoms with Gasteiger partial charge in [-0.3, -0.25) is 9.13 Å². The van der Waals surface area contributed by atoms with Gasteiger partial charge in [0.2, 0.25) is 0 Å². The molecule has 0 atom stereocenters. The molecule has 0 saturated heterocycles. The number of hydrogen-bond acceptors (Lipinski definition) is 2. The minimum absolute atomic E-state index is 0.794. The van der Waals surface area contributed by atoms with Crippen LogP contribution in [0.1, 0.15) is 0 Å². The highest BCUT2D eigenvalue weighted by Crippen LogP contribution is 2.39. The summed E-state index contributed by atoms with van der Waals surface area (Å²) in [6.07, 6.45) is 0. The van der Waals surface area contributed by atoms with Crippen molar-refractivity contribution in [2.75, 3.05) is 0 Å². The summed E-state index contributed by atoms with van der Waals surface area (Å²) >= 11 is 0. The Morgan fingerprint density at radius 2 is 0.667 bits per heavy atom. The fraction of sp³-hybridized carbons (Fsp3) is 0. The molecule has 3 heterocycles. The number of hydrogen-bond donors (Lipinski definition) is 0. The molecule has 7 aromatic carbocycles. The maximum atomic E-state index is 5.41. The molecular weight excluding hydrogens is 585 g/mol. The lowest BCUT2D eigenvalue weighted by Crippen LogP contribution is -2.09. The van der Waals surface area contributed by atoms with Gasteiger partial charge in [-0.1, -0.05) is 121 Å². The standard InChI is InChI=1S/C44H28N4/c1-3-13-29(14-4-1)31-23-25-41-35(27-31)33-17-7-11-21-39(33)47(41)43-44(46-38-20-10-9-19-37(38)45-43)48-40-22-12-8-18-34(40)36-28-32(24-26-42(36)48)30-15-5-2-6-16-30/h1-28H. The molecule has 0 aliphatic rings. The predicted molar refractivity (Wildman–Crippen MR) is 199 cm³/mol. The summed E-state index contributed by atoms with van der Waals surface area (Å²) in [6, 6.07) is 60.1. The second-order valence-corrected chi connectivity index (χ2v) is 12.3. The first-order valence-electron chi connectivity index (χ1n) is 16.3. The Morgan fingerprint density at radius 3 is 1.12 bits per heavy atom. The van der Waals surface area contributed by atoms with Gasteiger partial charge < -0.3 is 0 Å². The molecule has 10 rings (SSSR count). The topological polar surface area (TPSA) is 35.6 Å². The van der Waals surface area contributed by atoms with Crippen LogP contribution in [0.25, 0.3) is 88.5 Å². The molecule has 0 N–H and O–H groups in total. The van der Waals surface area contributed by atoms with Gasteiger partial charge in [0.25, 0.3) is 0 Å². The summed E-state index contributed by atoms with van der Waals surface area (Å²) in [4.78, 5) is 10.8. The first-order valence-corrected chi connectivity index (χ1v) is 16.3. The van der Waals surface area contributed by atoms with Crippen LogP contribution in [-0.4, -0.2) is 19.1 Å². The minimum atomic E-state index is 0.794. The Balaban J connectivity index is 1.31. The maximum Gasteiger partial charge on any atom is 0.182 e. The number of rotatable bonds is 4. The number of nitrogens with zero attached hydrogens (tertiary/aromatic N) is 4. The number of fused-ring (bicyclic) bond motifs is 7. The second-order valence-electron chi connectivity index (χ2n) is 12.3. The van der Waals surface area contributed by atoms with Crippen molar-refractivity contribution < 1.29 is 0 Å². The fourth-order valence-corrected chi connectivity index (χ4v) is 7.30. The summed E-state index contributed by atoms with van der Waals surface area (Å²) in [5, 5.41) is 4.73. The smallest absolute Gasteiger partial charge is 0.182 e. The molecule has 3 aromatic heterocycles. The fourth-order valence-electron chi connectivity index (χ4n) is 7.30. The van der Waals surface area contributed by atoms with Crippen molar-refractivity contribution in [3.8, 4) is 33.9 Å². The van der Waals surface area contributed by atoms with Gasteiger partial charge >= 0.3 is 0 Å². The lowest BCUT2D eigenvalue weighted by molar-refractivity contribution is 0.996. The highest BCUT2D eigenvalue weighted by Gasteiger charge is 2.23. The van der Waals surface area contributed by atoms with Crippen LogP contribution in [0.2, 0.25) is 0 Å². The third-order valence-electron chi connectivity index (χ3n) is 9.52. The van der Waals surface area contributed by atoms with Crippen molar-refractivity contribution in [2.45, 2.75) is 0 Å². The van der Waals surface area contributed by atoms with E-state index in [9.17, 15) is 0 Å². The molecule has 0 aliphatic heterocycles. The van der Waals surface area contributed by atoms with E-state index in [1.165, 1.54) is 43.8 Å². The molecule has 0 radical (unpaired) electrons. The average molecular weight is 613 g/mol. The average Bonchev–Trinajstić information content (AvgIpc) is 3.67. The predicted octanol–water partition coefficient (Wildman–Crippen LogP) is 11.2. The zero-order valence-electron chi connectivity index (χ0n) is 26.0. The van der Waals surface area contributed by atoms with Crippen LogP contribution < -0.4 is 0 Å². The van der Waals surface area contributed by atoms with Gasteiger partial charge in [0, 0.05) is 21.5 Å². The van der Waals surface area contributed by atoms with Gasteiger partial charge in [0.05, 0.1) is 33.1 Å². The van der Waals surface area contributed by atoms with E-state index in [4.69, 9.17) is 9.97 Å². The van der Waals surface area contributed by atoms with E-state index in [0.29, 0.717) is 0 Å². The summed E-state index contributed by atoms with van der Waals surface area (Å²) in [5.41, 5.74) is 10.9. The molecule has 0 aliphatic carbocycles. The van der Waals surface area contributed by atoms with Crippen molar-refractivity contribution in [1.82, 2.24) is 19.1 Å². The largest absolute Gasteiger partial charge is 0.291 e. The first-order chi connectivity index (χ1) is 23.8. The molecule has 4 nitrogen and oxygen atoms in total. The Bertz CT molecular complexity index is 2630. The van der Waals surface area contributed by atoms with Crippen molar-refractivity contribution in [1.29, 1.82) is 0 Å². The third kappa shape index (κ3) is 4.03. The monoisotopic (exact) mass is 612 g/mol. The molecule has 0 unspecified atom stereocenters. The zero-order valence-corrected chi connectivity index (χ0v) is 26.0. The van der Waals surface area contributed by atoms with Crippen molar-refractivity contribution >= 4 is 54.6 Å². The number of benzene rings is 7. The van der Waals surface area contributed by atoms with E-state index in [2.05, 4.69) is 167 Å². The van der Waals surface area contributed by atoms with Gasteiger partial charge in [-0.05, 0) is 70.8 Å². The van der Waals surface area contributed by atoms with E-state index >= 15 is 0 Å². The number of aromatic nitrogens is 4. The van der Waals surface area contributed by atoms with E-state index in [1.807, 2.05) is 12.1 Å². The van der Waals surface area contributed by atoms with Gasteiger partial charge in [0.15, 0.2) is 11.6 Å². The molecule has 0 spiro atoms. The van der Waals surface area contributed by atoms with Gasteiger partial charge in [-0.25, -0.2) is 9.97 Å². The molecule has 4 heteroatoms. The molecule has 0 bridgehead atoms. The SMILES string of the molecule is c1ccc(-c2ccc3c(c2)c2ccccc2n3-c2nc3ccccc3nc2-n2c3ccccc3c3cc(-c4ccccc4)ccc32)cc1. The highest BCUT2D eigenvalue weighted by molar-refractivity contribution is 6.12. The Labute approximate surface area is 276 Å². The molecule has 0 fully saturated rings. The molecule has 0 amide bonds. The minimum Gasteiger partial charge on any atom is -0.291 e. The quantitative estimate of drug-likeness (QED) is 0.198. The van der Waals surface area contributed by atoms with Crippen LogP contribution in [0.3, 0.4) is 0 Å². The maximum absolute atomic E-state index is 5.41. The Morgan fingerprint density at radius 1 is 0.292 bits per heavy atom. The molecule has 10 aromatic rings. The zero-order chi connectivity index (χ0) is 31.6. The summed E-state index contributed by atoms with van der Waals surface area (Å²) in [7, 11) is 0. The van der Waals surface area contributed by atoms with E-state index in [-0.39, 0.29) is 0 Å². The summed E-state index contributed by atoms with van der Waals surface area (Å²) in [5.74, 6) is 1.59. The lowest BCUT2D eigenvalue weighted by Gasteiger charge is -2.16. The van der Waals surface area contributed by atoms with Gasteiger partial charge in [-0.15, -0.1) is 0 Å². The number of para-hydroxylation sites is 4. The summed E-state index contributed by atoms with van der Waals surface area (Å²) in [6.45, 7) is 0. The molecule has 0 saturated carbocycles. The van der Waals surface area contributed by atoms with Crippen LogP contribution in [-0.2, 0) is 0 Å². The van der Waals surface area contributed by atoms with Crippen LogP contribution >= 0.6 is 0 Å². The third-order valence-corrected chi connectivity index (χ3v) is 9.52. The lowest BCUT2D eigenvalue weighted by atomic mass is 10.0. The molecular formula is C44H28N4.